The topological polar surface area (TPSA) is 79.5 Å². The van der Waals surface area contributed by atoms with E-state index in [-0.39, 0.29) is 11.9 Å². The first-order valence-electron chi connectivity index (χ1n) is 7.55. The smallest absolute Gasteiger partial charge is 0.275 e. The van der Waals surface area contributed by atoms with Crippen molar-refractivity contribution in [2.45, 2.75) is 44.2 Å². The molecule has 2 atom stereocenters. The molecule has 7 heteroatoms. The molecule has 6 nitrogen and oxygen atoms in total. The number of aromatic nitrogens is 2. The fraction of sp³-hybridized carbons (Fsp3) is 0.533. The van der Waals surface area contributed by atoms with E-state index in [9.17, 15) is 9.90 Å². The quantitative estimate of drug-likeness (QED) is 0.936. The fourth-order valence-electron chi connectivity index (χ4n) is 2.95. The highest BCUT2D eigenvalue weighted by atomic mass is 32.1. The SMILES string of the molecule is O=C(c1csnn1)N1CCCCC[C@@H]1C[C@@H](O)c1ccco1. The molecule has 0 aromatic carbocycles. The monoisotopic (exact) mass is 321 g/mol. The van der Waals surface area contributed by atoms with E-state index in [4.69, 9.17) is 4.42 Å². The molecular formula is C15H19N3O3S. The Balaban J connectivity index is 1.74. The average molecular weight is 321 g/mol. The number of carbonyl (C=O) groups excluding carboxylic acids is 1. The Morgan fingerprint density at radius 3 is 3.14 bits per heavy atom. The minimum absolute atomic E-state index is 0.00296. The number of hydrogen-bond donors (Lipinski definition) is 1. The van der Waals surface area contributed by atoms with Crippen LogP contribution < -0.4 is 0 Å². The number of furan rings is 1. The lowest BCUT2D eigenvalue weighted by atomic mass is 10.0. The summed E-state index contributed by atoms with van der Waals surface area (Å²) in [7, 11) is 0. The lowest BCUT2D eigenvalue weighted by Crippen LogP contribution is -2.41. The molecule has 1 amide bonds. The first-order chi connectivity index (χ1) is 10.8. The van der Waals surface area contributed by atoms with Crippen LogP contribution in [0.15, 0.2) is 28.2 Å². The van der Waals surface area contributed by atoms with E-state index in [2.05, 4.69) is 9.59 Å². The van der Waals surface area contributed by atoms with Gasteiger partial charge in [-0.3, -0.25) is 4.79 Å². The van der Waals surface area contributed by atoms with E-state index in [1.54, 1.807) is 23.8 Å². The van der Waals surface area contributed by atoms with Crippen molar-refractivity contribution in [1.82, 2.24) is 14.5 Å². The summed E-state index contributed by atoms with van der Waals surface area (Å²) in [5.74, 6) is 0.458. The van der Waals surface area contributed by atoms with Crippen LogP contribution in [0, 0.1) is 0 Å². The lowest BCUT2D eigenvalue weighted by molar-refractivity contribution is 0.0552. The molecule has 2 aromatic heterocycles. The van der Waals surface area contributed by atoms with Crippen LogP contribution in [0.5, 0.6) is 0 Å². The van der Waals surface area contributed by atoms with Crippen LogP contribution in [-0.4, -0.2) is 38.1 Å². The third kappa shape index (κ3) is 3.36. The molecular weight excluding hydrogens is 302 g/mol. The Morgan fingerprint density at radius 2 is 2.41 bits per heavy atom. The second kappa shape index (κ2) is 7.02. The second-order valence-electron chi connectivity index (χ2n) is 5.56. The van der Waals surface area contributed by atoms with E-state index in [0.29, 0.717) is 24.4 Å². The van der Waals surface area contributed by atoms with Gasteiger partial charge in [0.15, 0.2) is 5.69 Å². The summed E-state index contributed by atoms with van der Waals surface area (Å²) in [6.45, 7) is 0.700. The Kier molecular flexibility index (Phi) is 4.84. The maximum absolute atomic E-state index is 12.6. The fourth-order valence-corrected chi connectivity index (χ4v) is 3.38. The number of nitrogens with zero attached hydrogens (tertiary/aromatic N) is 3. The van der Waals surface area contributed by atoms with E-state index < -0.39 is 6.10 Å². The summed E-state index contributed by atoms with van der Waals surface area (Å²) >= 11 is 1.18. The van der Waals surface area contributed by atoms with Crippen LogP contribution in [0.2, 0.25) is 0 Å². The molecule has 3 rings (SSSR count). The predicted molar refractivity (Wildman–Crippen MR) is 81.5 cm³/mol. The molecule has 1 aliphatic rings. The van der Waals surface area contributed by atoms with Gasteiger partial charge < -0.3 is 14.4 Å². The predicted octanol–water partition coefficient (Wildman–Crippen LogP) is 2.64. The van der Waals surface area contributed by atoms with Gasteiger partial charge in [0.05, 0.1) is 6.26 Å². The molecule has 0 aliphatic carbocycles. The van der Waals surface area contributed by atoms with Crippen molar-refractivity contribution in [3.63, 3.8) is 0 Å². The summed E-state index contributed by atoms with van der Waals surface area (Å²) in [5, 5.41) is 15.9. The minimum atomic E-state index is -0.693. The zero-order valence-electron chi connectivity index (χ0n) is 12.2. The van der Waals surface area contributed by atoms with Crippen molar-refractivity contribution in [2.75, 3.05) is 6.54 Å². The summed E-state index contributed by atoms with van der Waals surface area (Å²) in [6.07, 6.45) is 5.38. The number of carbonyl (C=O) groups is 1. The number of hydrogen-bond acceptors (Lipinski definition) is 6. The van der Waals surface area contributed by atoms with Gasteiger partial charge >= 0.3 is 0 Å². The van der Waals surface area contributed by atoms with Crippen molar-refractivity contribution < 1.29 is 14.3 Å². The zero-order valence-corrected chi connectivity index (χ0v) is 13.0. The van der Waals surface area contributed by atoms with E-state index in [1.807, 2.05) is 4.90 Å². The third-order valence-corrected chi connectivity index (χ3v) is 4.59. The van der Waals surface area contributed by atoms with Crippen LogP contribution in [0.4, 0.5) is 0 Å². The highest BCUT2D eigenvalue weighted by Crippen LogP contribution is 2.27. The molecule has 22 heavy (non-hydrogen) atoms. The number of amides is 1. The number of aliphatic hydroxyl groups is 1. The Bertz CT molecular complexity index is 585. The summed E-state index contributed by atoms with van der Waals surface area (Å²) in [6, 6.07) is 3.52. The first-order valence-corrected chi connectivity index (χ1v) is 8.39. The largest absolute Gasteiger partial charge is 0.467 e. The van der Waals surface area contributed by atoms with Crippen LogP contribution in [0.3, 0.4) is 0 Å². The van der Waals surface area contributed by atoms with Crippen LogP contribution in [-0.2, 0) is 0 Å². The lowest BCUT2D eigenvalue weighted by Gasteiger charge is -2.30. The molecule has 1 fully saturated rings. The van der Waals surface area contributed by atoms with Crippen molar-refractivity contribution >= 4 is 17.4 Å². The molecule has 1 saturated heterocycles. The highest BCUT2D eigenvalue weighted by molar-refractivity contribution is 7.03. The average Bonchev–Trinajstić information content (AvgIpc) is 3.18. The molecule has 0 radical (unpaired) electrons. The molecule has 0 saturated carbocycles. The van der Waals surface area contributed by atoms with Crippen molar-refractivity contribution in [1.29, 1.82) is 0 Å². The standard InChI is InChI=1S/C15H19N3O3S/c19-13(14-6-4-8-21-14)9-11-5-2-1-3-7-18(11)15(20)12-10-22-17-16-12/h4,6,8,10-11,13,19H,1-3,5,7,9H2/t11-,13-/m1/s1. The molecule has 0 bridgehead atoms. The Labute approximate surface area is 132 Å². The van der Waals surface area contributed by atoms with Crippen molar-refractivity contribution in [3.05, 3.63) is 35.2 Å². The molecule has 3 heterocycles. The van der Waals surface area contributed by atoms with Crippen molar-refractivity contribution in [3.8, 4) is 0 Å². The molecule has 1 N–H and O–H groups in total. The van der Waals surface area contributed by atoms with Crippen molar-refractivity contribution in [2.24, 2.45) is 0 Å². The zero-order chi connectivity index (χ0) is 15.4. The Morgan fingerprint density at radius 1 is 1.50 bits per heavy atom. The molecule has 1 aliphatic heterocycles. The van der Waals surface area contributed by atoms with Gasteiger partial charge in [0, 0.05) is 24.4 Å². The summed E-state index contributed by atoms with van der Waals surface area (Å²) in [4.78, 5) is 14.5. The molecule has 2 aromatic rings. The van der Waals surface area contributed by atoms with Gasteiger partial charge in [-0.15, -0.1) is 5.10 Å². The number of likely N-dealkylation sites (tertiary alicyclic amines) is 1. The van der Waals surface area contributed by atoms with Gasteiger partial charge in [0.25, 0.3) is 5.91 Å². The van der Waals surface area contributed by atoms with E-state index in [1.165, 1.54) is 11.5 Å². The minimum Gasteiger partial charge on any atom is -0.467 e. The van der Waals surface area contributed by atoms with Gasteiger partial charge in [-0.05, 0) is 36.5 Å². The first kappa shape index (κ1) is 15.2. The summed E-state index contributed by atoms with van der Waals surface area (Å²) in [5.41, 5.74) is 0.393. The van der Waals surface area contributed by atoms with E-state index >= 15 is 0 Å². The van der Waals surface area contributed by atoms with Crippen LogP contribution in [0.1, 0.15) is 54.5 Å². The third-order valence-electron chi connectivity index (χ3n) is 4.08. The van der Waals surface area contributed by atoms with E-state index in [0.717, 1.165) is 25.7 Å². The number of rotatable bonds is 4. The Hall–Kier alpha value is -1.73. The maximum Gasteiger partial charge on any atom is 0.275 e. The number of aliphatic hydroxyl groups excluding tert-OH is 1. The van der Waals surface area contributed by atoms with Gasteiger partial charge in [-0.1, -0.05) is 17.3 Å². The summed E-state index contributed by atoms with van der Waals surface area (Å²) < 4.78 is 9.03. The molecule has 0 unspecified atom stereocenters. The van der Waals surface area contributed by atoms with Crippen LogP contribution >= 0.6 is 11.5 Å². The maximum atomic E-state index is 12.6. The normalized spacial score (nSPS) is 20.6. The molecule has 0 spiro atoms. The van der Waals surface area contributed by atoms with Crippen LogP contribution in [0.25, 0.3) is 0 Å². The van der Waals surface area contributed by atoms with Gasteiger partial charge in [-0.2, -0.15) is 0 Å². The highest BCUT2D eigenvalue weighted by Gasteiger charge is 2.30. The van der Waals surface area contributed by atoms with Gasteiger partial charge in [0.2, 0.25) is 0 Å². The second-order valence-corrected chi connectivity index (χ2v) is 6.17. The van der Waals surface area contributed by atoms with Gasteiger partial charge in [-0.25, -0.2) is 0 Å². The van der Waals surface area contributed by atoms with Gasteiger partial charge in [0.1, 0.15) is 11.9 Å². The molecule has 118 valence electrons.